The fraction of sp³-hybridized carbons (Fsp3) is 0.318. The molecule has 2 aromatic rings. The summed E-state index contributed by atoms with van der Waals surface area (Å²) in [4.78, 5) is 34.0. The zero-order chi connectivity index (χ0) is 23.5. The van der Waals surface area contributed by atoms with E-state index in [2.05, 4.69) is 24.9 Å². The molecule has 11 nitrogen and oxygen atoms in total. The molecule has 1 amide bonds. The predicted molar refractivity (Wildman–Crippen MR) is 126 cm³/mol. The number of hydrogen-bond donors (Lipinski definition) is 3. The number of nitrogens with zero attached hydrogens (tertiary/aromatic N) is 6. The van der Waals surface area contributed by atoms with E-state index in [-0.39, 0.29) is 52.8 Å². The van der Waals surface area contributed by atoms with Gasteiger partial charge in [0.15, 0.2) is 29.1 Å². The first-order valence-corrected chi connectivity index (χ1v) is 10.5. The number of benzene rings is 1. The summed E-state index contributed by atoms with van der Waals surface area (Å²) in [5, 5.41) is 10.8. The first-order valence-electron chi connectivity index (χ1n) is 10.5. The molecular formula is C22H26N8O3. The van der Waals surface area contributed by atoms with Crippen molar-refractivity contribution in [2.24, 2.45) is 31.4 Å². The van der Waals surface area contributed by atoms with Crippen LogP contribution in [0.2, 0.25) is 0 Å². The van der Waals surface area contributed by atoms with Crippen LogP contribution in [-0.4, -0.2) is 77.4 Å². The molecule has 172 valence electrons. The Kier molecular flexibility index (Phi) is 6.22. The van der Waals surface area contributed by atoms with E-state index in [1.807, 2.05) is 26.1 Å². The lowest BCUT2D eigenvalue weighted by molar-refractivity contribution is 0.0661. The molecule has 0 unspecified atom stereocenters. The van der Waals surface area contributed by atoms with E-state index in [0.29, 0.717) is 18.8 Å². The fourth-order valence-corrected chi connectivity index (χ4v) is 3.43. The first kappa shape index (κ1) is 22.2. The number of aromatic hydroxyl groups is 1. The zero-order valence-electron chi connectivity index (χ0n) is 18.5. The van der Waals surface area contributed by atoms with Crippen LogP contribution in [0.5, 0.6) is 5.75 Å². The van der Waals surface area contributed by atoms with Crippen molar-refractivity contribution < 1.29 is 14.3 Å². The van der Waals surface area contributed by atoms with Crippen molar-refractivity contribution >= 4 is 34.9 Å². The quantitative estimate of drug-likeness (QED) is 0.631. The Labute approximate surface area is 190 Å². The Morgan fingerprint density at radius 2 is 1.79 bits per heavy atom. The van der Waals surface area contributed by atoms with Crippen LogP contribution < -0.4 is 11.5 Å². The average Bonchev–Trinajstić information content (AvgIpc) is 3.21. The van der Waals surface area contributed by atoms with Crippen molar-refractivity contribution in [3.05, 3.63) is 47.4 Å². The smallest absolute Gasteiger partial charge is 0.257 e. The zero-order valence-corrected chi connectivity index (χ0v) is 18.5. The number of carbonyl (C=O) groups excluding carboxylic acids is 1. The summed E-state index contributed by atoms with van der Waals surface area (Å²) in [7, 11) is 2.01. The van der Waals surface area contributed by atoms with E-state index < -0.39 is 0 Å². The van der Waals surface area contributed by atoms with Crippen molar-refractivity contribution in [3.63, 3.8) is 0 Å². The van der Waals surface area contributed by atoms with Crippen LogP contribution in [0, 0.1) is 6.92 Å². The van der Waals surface area contributed by atoms with Crippen molar-refractivity contribution in [1.82, 2.24) is 9.80 Å². The third-order valence-electron chi connectivity index (χ3n) is 5.36. The van der Waals surface area contributed by atoms with Gasteiger partial charge in [-0.2, -0.15) is 0 Å². The Morgan fingerprint density at radius 3 is 2.45 bits per heavy atom. The van der Waals surface area contributed by atoms with Crippen LogP contribution >= 0.6 is 0 Å². The molecule has 33 heavy (non-hydrogen) atoms. The van der Waals surface area contributed by atoms with Crippen LogP contribution in [-0.2, 0) is 6.54 Å². The van der Waals surface area contributed by atoms with Crippen molar-refractivity contribution in [2.75, 3.05) is 33.2 Å². The molecule has 1 aromatic heterocycles. The number of nitrogens with two attached hydrogens (primary N) is 2. The lowest BCUT2D eigenvalue weighted by Gasteiger charge is -2.32. The van der Waals surface area contributed by atoms with Crippen LogP contribution in [0.25, 0.3) is 0 Å². The molecule has 4 rings (SSSR count). The van der Waals surface area contributed by atoms with Crippen molar-refractivity contribution in [3.8, 4) is 5.75 Å². The second-order valence-electron chi connectivity index (χ2n) is 7.85. The molecule has 1 fully saturated rings. The number of rotatable bonds is 4. The van der Waals surface area contributed by atoms with Crippen LogP contribution in [0.1, 0.15) is 21.9 Å². The highest BCUT2D eigenvalue weighted by Crippen LogP contribution is 2.31. The van der Waals surface area contributed by atoms with Gasteiger partial charge in [0.1, 0.15) is 17.2 Å². The van der Waals surface area contributed by atoms with Gasteiger partial charge in [-0.15, -0.1) is 0 Å². The molecule has 5 N–H and O–H groups in total. The van der Waals surface area contributed by atoms with Crippen molar-refractivity contribution in [1.29, 1.82) is 0 Å². The number of furan rings is 1. The molecule has 0 spiro atoms. The summed E-state index contributed by atoms with van der Waals surface area (Å²) in [6, 6.07) is 8.44. The Hall–Kier alpha value is -3.99. The summed E-state index contributed by atoms with van der Waals surface area (Å²) in [5.41, 5.74) is 12.0. The fourth-order valence-electron chi connectivity index (χ4n) is 3.43. The first-order chi connectivity index (χ1) is 15.8. The van der Waals surface area contributed by atoms with Crippen molar-refractivity contribution in [2.45, 2.75) is 13.5 Å². The van der Waals surface area contributed by atoms with E-state index in [1.165, 1.54) is 0 Å². The van der Waals surface area contributed by atoms with Gasteiger partial charge in [-0.05, 0) is 38.2 Å². The maximum Gasteiger partial charge on any atom is 0.257 e. The van der Waals surface area contributed by atoms with Gasteiger partial charge < -0.3 is 30.8 Å². The molecule has 0 saturated carbocycles. The number of phenols is 1. The molecule has 3 heterocycles. The number of amidine groups is 4. The van der Waals surface area contributed by atoms with E-state index >= 15 is 0 Å². The molecule has 0 bridgehead atoms. The van der Waals surface area contributed by atoms with E-state index in [1.54, 1.807) is 23.1 Å². The molecule has 0 radical (unpaired) electrons. The van der Waals surface area contributed by atoms with Gasteiger partial charge in [-0.1, -0.05) is 6.07 Å². The Morgan fingerprint density at radius 1 is 1.09 bits per heavy atom. The minimum atomic E-state index is -0.251. The molecule has 0 atom stereocenters. The summed E-state index contributed by atoms with van der Waals surface area (Å²) < 4.78 is 5.53. The molecule has 11 heteroatoms. The molecule has 2 aliphatic heterocycles. The highest BCUT2D eigenvalue weighted by atomic mass is 16.3. The number of para-hydroxylation sites is 1. The second-order valence-corrected chi connectivity index (χ2v) is 7.85. The topological polar surface area (TPSA) is 158 Å². The van der Waals surface area contributed by atoms with E-state index in [0.717, 1.165) is 18.8 Å². The van der Waals surface area contributed by atoms with Gasteiger partial charge in [0.2, 0.25) is 0 Å². The highest BCUT2D eigenvalue weighted by molar-refractivity contribution is 6.55. The summed E-state index contributed by atoms with van der Waals surface area (Å²) in [5.74, 6) is 1.13. The summed E-state index contributed by atoms with van der Waals surface area (Å²) in [6.45, 7) is 4.76. The van der Waals surface area contributed by atoms with E-state index in [9.17, 15) is 9.90 Å². The van der Waals surface area contributed by atoms with Crippen LogP contribution in [0.4, 0.5) is 5.69 Å². The minimum Gasteiger partial charge on any atom is -0.505 e. The third-order valence-corrected chi connectivity index (χ3v) is 5.36. The second kappa shape index (κ2) is 9.25. The van der Waals surface area contributed by atoms with Gasteiger partial charge in [0.05, 0.1) is 12.1 Å². The Bertz CT molecular complexity index is 1190. The summed E-state index contributed by atoms with van der Waals surface area (Å²) >= 11 is 0. The Balaban J connectivity index is 1.64. The van der Waals surface area contributed by atoms with Gasteiger partial charge >= 0.3 is 0 Å². The number of piperazine rings is 1. The normalized spacial score (nSPS) is 19.6. The average molecular weight is 451 g/mol. The lowest BCUT2D eigenvalue weighted by atomic mass is 10.1. The monoisotopic (exact) mass is 450 g/mol. The minimum absolute atomic E-state index is 0.00861. The molecular weight excluding hydrogens is 424 g/mol. The number of likely N-dealkylation sites (N-methyl/N-ethyl adjacent to an activating group) is 1. The molecule has 0 aliphatic carbocycles. The van der Waals surface area contributed by atoms with E-state index in [4.69, 9.17) is 15.9 Å². The molecule has 1 aromatic carbocycles. The number of phenolic OH excluding ortho intramolecular Hbond substituents is 1. The largest absolute Gasteiger partial charge is 0.505 e. The number of aryl methyl sites for hydroxylation is 1. The summed E-state index contributed by atoms with van der Waals surface area (Å²) in [6.07, 6.45) is 0. The number of carbonyl (C=O) groups is 1. The van der Waals surface area contributed by atoms with Gasteiger partial charge in [0.25, 0.3) is 5.91 Å². The van der Waals surface area contributed by atoms with Gasteiger partial charge in [0, 0.05) is 26.2 Å². The van der Waals surface area contributed by atoms with Crippen LogP contribution in [0.15, 0.2) is 54.7 Å². The lowest BCUT2D eigenvalue weighted by Crippen LogP contribution is -2.47. The standard InChI is InChI=1S/C22H26N8O3/c1-13-6-7-14(33-13)12-25-20-21(28-19(24)18(23)27-20)26-16-5-3-4-15(17(16)31)22(32)30-10-8-29(2)9-11-30/h3-7,31H,8-12H2,1-2H3,(H2,23,25,27)(H2,24,26,28). The van der Waals surface area contributed by atoms with Crippen LogP contribution in [0.3, 0.4) is 0 Å². The maximum atomic E-state index is 13.0. The van der Waals surface area contributed by atoms with Gasteiger partial charge in [-0.3, -0.25) is 9.79 Å². The number of hydrogen-bond acceptors (Lipinski definition) is 8. The molecule has 1 saturated heterocycles. The maximum absolute atomic E-state index is 13.0. The SMILES string of the molecule is Cc1ccc(CN=C2N=C(N)C(N)=NC2=Nc2cccc(C(=O)N3CCN(C)CC3)c2O)o1. The predicted octanol–water partition coefficient (Wildman–Crippen LogP) is 1.04. The number of amides is 1. The van der Waals surface area contributed by atoms with Gasteiger partial charge in [-0.25, -0.2) is 15.0 Å². The third kappa shape index (κ3) is 4.93. The molecule has 2 aliphatic rings. The highest BCUT2D eigenvalue weighted by Gasteiger charge is 2.24. The number of aliphatic imine (C=N–C) groups is 4.